The summed E-state index contributed by atoms with van der Waals surface area (Å²) in [7, 11) is 1.38. The SMILES string of the molecule is COc1ccc([N+](=O)[O-])cc1C[C@@H](NC(=O)c1cccc(OC(C)=O)c1)C(N)=O. The van der Waals surface area contributed by atoms with Gasteiger partial charge < -0.3 is 20.5 Å². The van der Waals surface area contributed by atoms with Crippen LogP contribution in [0.4, 0.5) is 5.69 Å². The molecule has 2 amide bonds. The fourth-order valence-corrected chi connectivity index (χ4v) is 2.59. The van der Waals surface area contributed by atoms with E-state index in [1.54, 1.807) is 0 Å². The molecule has 0 saturated heterocycles. The summed E-state index contributed by atoms with van der Waals surface area (Å²) in [5, 5.41) is 13.5. The molecule has 0 aliphatic carbocycles. The van der Waals surface area contributed by atoms with Crippen LogP contribution in [0.5, 0.6) is 11.5 Å². The van der Waals surface area contributed by atoms with E-state index in [1.807, 2.05) is 0 Å². The molecule has 29 heavy (non-hydrogen) atoms. The van der Waals surface area contributed by atoms with Gasteiger partial charge in [0.25, 0.3) is 11.6 Å². The van der Waals surface area contributed by atoms with Crippen molar-refractivity contribution in [1.82, 2.24) is 5.32 Å². The Morgan fingerprint density at radius 1 is 1.21 bits per heavy atom. The number of ether oxygens (including phenoxy) is 2. The van der Waals surface area contributed by atoms with Gasteiger partial charge in [-0.25, -0.2) is 0 Å². The summed E-state index contributed by atoms with van der Waals surface area (Å²) < 4.78 is 10.1. The molecule has 1 atom stereocenters. The Morgan fingerprint density at radius 2 is 1.93 bits per heavy atom. The van der Waals surface area contributed by atoms with Gasteiger partial charge in [0.15, 0.2) is 0 Å². The maximum absolute atomic E-state index is 12.5. The number of nitrogens with zero attached hydrogens (tertiary/aromatic N) is 1. The van der Waals surface area contributed by atoms with Crippen LogP contribution in [0, 0.1) is 10.1 Å². The number of esters is 1. The summed E-state index contributed by atoms with van der Waals surface area (Å²) in [4.78, 5) is 45.9. The quantitative estimate of drug-likeness (QED) is 0.293. The molecule has 152 valence electrons. The molecule has 10 heteroatoms. The van der Waals surface area contributed by atoms with Gasteiger partial charge in [-0.3, -0.25) is 24.5 Å². The number of non-ortho nitro benzene ring substituents is 1. The molecule has 0 aliphatic heterocycles. The highest BCUT2D eigenvalue weighted by Gasteiger charge is 2.23. The van der Waals surface area contributed by atoms with Gasteiger partial charge in [0.1, 0.15) is 17.5 Å². The maximum atomic E-state index is 12.5. The molecular formula is C19H19N3O7. The number of hydrogen-bond donors (Lipinski definition) is 2. The third kappa shape index (κ3) is 5.76. The zero-order valence-corrected chi connectivity index (χ0v) is 15.7. The van der Waals surface area contributed by atoms with Crippen LogP contribution < -0.4 is 20.5 Å². The van der Waals surface area contributed by atoms with E-state index in [4.69, 9.17) is 15.2 Å². The van der Waals surface area contributed by atoms with E-state index in [1.165, 1.54) is 56.5 Å². The van der Waals surface area contributed by atoms with Crippen molar-refractivity contribution in [2.45, 2.75) is 19.4 Å². The number of nitrogens with two attached hydrogens (primary N) is 1. The van der Waals surface area contributed by atoms with Gasteiger partial charge in [0.2, 0.25) is 5.91 Å². The average Bonchev–Trinajstić information content (AvgIpc) is 2.66. The summed E-state index contributed by atoms with van der Waals surface area (Å²) in [6.45, 7) is 1.22. The lowest BCUT2D eigenvalue weighted by Gasteiger charge is -2.17. The van der Waals surface area contributed by atoms with Crippen LogP contribution in [0.2, 0.25) is 0 Å². The number of carbonyl (C=O) groups excluding carboxylic acids is 3. The molecule has 0 heterocycles. The van der Waals surface area contributed by atoms with E-state index in [2.05, 4.69) is 5.32 Å². The third-order valence-electron chi connectivity index (χ3n) is 3.91. The number of rotatable bonds is 8. The minimum Gasteiger partial charge on any atom is -0.496 e. The Morgan fingerprint density at radius 3 is 2.52 bits per heavy atom. The molecule has 2 rings (SSSR count). The summed E-state index contributed by atoms with van der Waals surface area (Å²) >= 11 is 0. The summed E-state index contributed by atoms with van der Waals surface area (Å²) in [5.74, 6) is -1.53. The highest BCUT2D eigenvalue weighted by Crippen LogP contribution is 2.25. The molecule has 0 radical (unpaired) electrons. The van der Waals surface area contributed by atoms with Crippen LogP contribution in [0.1, 0.15) is 22.8 Å². The first-order valence-corrected chi connectivity index (χ1v) is 8.41. The Kier molecular flexibility index (Phi) is 6.85. The lowest BCUT2D eigenvalue weighted by Crippen LogP contribution is -2.45. The smallest absolute Gasteiger partial charge is 0.308 e. The maximum Gasteiger partial charge on any atom is 0.308 e. The van der Waals surface area contributed by atoms with Crippen LogP contribution in [0.15, 0.2) is 42.5 Å². The molecule has 0 aromatic heterocycles. The number of nitrogens with one attached hydrogen (secondary N) is 1. The van der Waals surface area contributed by atoms with Gasteiger partial charge in [-0.15, -0.1) is 0 Å². The van der Waals surface area contributed by atoms with Crippen molar-refractivity contribution in [3.63, 3.8) is 0 Å². The fraction of sp³-hybridized carbons (Fsp3) is 0.211. The van der Waals surface area contributed by atoms with Crippen molar-refractivity contribution in [2.75, 3.05) is 7.11 Å². The summed E-state index contributed by atoms with van der Waals surface area (Å²) in [5.41, 5.74) is 5.68. The Bertz CT molecular complexity index is 959. The number of primary amides is 1. The minimum atomic E-state index is -1.16. The monoisotopic (exact) mass is 401 g/mol. The lowest BCUT2D eigenvalue weighted by atomic mass is 10.0. The largest absolute Gasteiger partial charge is 0.496 e. The Hall–Kier alpha value is -3.95. The van der Waals surface area contributed by atoms with Crippen molar-refractivity contribution >= 4 is 23.5 Å². The fourth-order valence-electron chi connectivity index (χ4n) is 2.59. The van der Waals surface area contributed by atoms with Crippen molar-refractivity contribution in [2.24, 2.45) is 5.73 Å². The number of hydrogen-bond acceptors (Lipinski definition) is 7. The van der Waals surface area contributed by atoms with E-state index in [0.717, 1.165) is 0 Å². The normalized spacial score (nSPS) is 11.2. The third-order valence-corrected chi connectivity index (χ3v) is 3.91. The molecule has 0 unspecified atom stereocenters. The number of carbonyl (C=O) groups is 3. The number of nitro benzene ring substituents is 1. The standard InChI is InChI=1S/C19H19N3O7/c1-11(23)29-15-5-3-4-12(9-15)19(25)21-16(18(20)24)10-13-8-14(22(26)27)6-7-17(13)28-2/h3-9,16H,10H2,1-2H3,(H2,20,24)(H,21,25)/t16-/m1/s1. The van der Waals surface area contributed by atoms with E-state index < -0.39 is 28.7 Å². The van der Waals surface area contributed by atoms with Gasteiger partial charge in [0.05, 0.1) is 12.0 Å². The minimum absolute atomic E-state index is 0.116. The summed E-state index contributed by atoms with van der Waals surface area (Å²) in [6.07, 6.45) is -0.116. The molecule has 3 N–H and O–H groups in total. The molecule has 2 aromatic carbocycles. The van der Waals surface area contributed by atoms with Crippen LogP contribution in [-0.2, 0) is 16.0 Å². The van der Waals surface area contributed by atoms with E-state index in [-0.39, 0.29) is 23.4 Å². The van der Waals surface area contributed by atoms with Crippen molar-refractivity contribution in [3.05, 3.63) is 63.7 Å². The van der Waals surface area contributed by atoms with E-state index in [9.17, 15) is 24.5 Å². The van der Waals surface area contributed by atoms with Crippen LogP contribution in [0.3, 0.4) is 0 Å². The molecule has 0 spiro atoms. The second-order valence-electron chi connectivity index (χ2n) is 6.01. The molecule has 0 saturated carbocycles. The predicted molar refractivity (Wildman–Crippen MR) is 102 cm³/mol. The number of amides is 2. The zero-order chi connectivity index (χ0) is 21.6. The van der Waals surface area contributed by atoms with E-state index >= 15 is 0 Å². The van der Waals surface area contributed by atoms with Gasteiger partial charge in [-0.1, -0.05) is 6.07 Å². The number of nitro groups is 1. The number of benzene rings is 2. The highest BCUT2D eigenvalue weighted by molar-refractivity contribution is 5.97. The van der Waals surface area contributed by atoms with Crippen LogP contribution >= 0.6 is 0 Å². The molecule has 0 fully saturated rings. The second kappa shape index (κ2) is 9.31. The molecule has 10 nitrogen and oxygen atoms in total. The zero-order valence-electron chi connectivity index (χ0n) is 15.7. The average molecular weight is 401 g/mol. The van der Waals surface area contributed by atoms with Crippen molar-refractivity contribution in [1.29, 1.82) is 0 Å². The first kappa shape index (κ1) is 21.4. The van der Waals surface area contributed by atoms with Crippen LogP contribution in [-0.4, -0.2) is 35.9 Å². The van der Waals surface area contributed by atoms with Gasteiger partial charge in [-0.05, 0) is 24.3 Å². The predicted octanol–water partition coefficient (Wildman–Crippen LogP) is 1.36. The molecule has 2 aromatic rings. The molecule has 0 aliphatic rings. The number of methoxy groups -OCH3 is 1. The Balaban J connectivity index is 2.24. The van der Waals surface area contributed by atoms with Crippen molar-refractivity contribution < 1.29 is 28.8 Å². The summed E-state index contributed by atoms with van der Waals surface area (Å²) in [6, 6.07) is 8.57. The van der Waals surface area contributed by atoms with Gasteiger partial charge in [0, 0.05) is 36.6 Å². The second-order valence-corrected chi connectivity index (χ2v) is 6.01. The lowest BCUT2D eigenvalue weighted by molar-refractivity contribution is -0.384. The Labute approximate surface area is 165 Å². The first-order chi connectivity index (χ1) is 13.7. The molecule has 0 bridgehead atoms. The van der Waals surface area contributed by atoms with Gasteiger partial charge >= 0.3 is 5.97 Å². The van der Waals surface area contributed by atoms with Crippen LogP contribution in [0.25, 0.3) is 0 Å². The topological polar surface area (TPSA) is 151 Å². The first-order valence-electron chi connectivity index (χ1n) is 8.41. The van der Waals surface area contributed by atoms with E-state index in [0.29, 0.717) is 11.3 Å². The highest BCUT2D eigenvalue weighted by atomic mass is 16.6. The van der Waals surface area contributed by atoms with Crippen molar-refractivity contribution in [3.8, 4) is 11.5 Å². The van der Waals surface area contributed by atoms with Gasteiger partial charge in [-0.2, -0.15) is 0 Å². The molecular weight excluding hydrogens is 382 g/mol.